The van der Waals surface area contributed by atoms with Crippen molar-refractivity contribution >= 4 is 36.6 Å². The minimum Gasteiger partial charge on any atom is -0.386 e. The normalized spacial score (nSPS) is 36.1. The zero-order valence-corrected chi connectivity index (χ0v) is 14.1. The summed E-state index contributed by atoms with van der Waals surface area (Å²) in [6.07, 6.45) is -0.716. The Balaban J connectivity index is 1.78. The maximum absolute atomic E-state index is 11.6. The third kappa shape index (κ3) is 2.42. The molecule has 0 spiro atoms. The molecule has 2 aliphatic heterocycles. The lowest BCUT2D eigenvalue weighted by Crippen LogP contribution is -2.39. The summed E-state index contributed by atoms with van der Waals surface area (Å²) in [5.74, 6) is 0.207. The topological polar surface area (TPSA) is 155 Å². The maximum atomic E-state index is 11.6. The highest BCUT2D eigenvalue weighted by Crippen LogP contribution is 2.52. The third-order valence-corrected chi connectivity index (χ3v) is 5.51. The molecule has 2 aromatic rings. The number of anilines is 1. The second kappa shape index (κ2) is 5.63. The van der Waals surface area contributed by atoms with E-state index in [1.807, 2.05) is 0 Å². The monoisotopic (exact) mass is 375 g/mol. The molecule has 4 rings (SSSR count). The number of fused-ring (bicyclic) bond motifs is 2. The first-order chi connectivity index (χ1) is 11.4. The minimum atomic E-state index is -4.19. The number of aromatic nitrogens is 4. The van der Waals surface area contributed by atoms with Gasteiger partial charge in [-0.2, -0.15) is 0 Å². The number of nitrogen functional groups attached to an aromatic ring is 1. The molecule has 5 unspecified atom stereocenters. The lowest BCUT2D eigenvalue weighted by Gasteiger charge is -2.27. The number of rotatable bonds is 2. The Morgan fingerprint density at radius 3 is 3.04 bits per heavy atom. The van der Waals surface area contributed by atoms with Crippen LogP contribution in [-0.4, -0.2) is 60.7 Å². The van der Waals surface area contributed by atoms with Gasteiger partial charge in [0.25, 0.3) is 0 Å². The van der Waals surface area contributed by atoms with E-state index in [2.05, 4.69) is 15.0 Å². The molecule has 13 heteroatoms. The van der Waals surface area contributed by atoms with Gasteiger partial charge in [-0.1, -0.05) is 11.8 Å². The van der Waals surface area contributed by atoms with E-state index in [1.54, 1.807) is 10.8 Å². The molecule has 2 saturated heterocycles. The smallest absolute Gasteiger partial charge is 0.386 e. The third-order valence-electron chi connectivity index (χ3n) is 3.88. The molecule has 24 heavy (non-hydrogen) atoms. The lowest BCUT2D eigenvalue weighted by molar-refractivity contribution is -0.0684. The molecule has 11 nitrogen and oxygen atoms in total. The fourth-order valence-electron chi connectivity index (χ4n) is 2.83. The Kier molecular flexibility index (Phi) is 3.80. The fourth-order valence-corrected chi connectivity index (χ4v) is 4.36. The van der Waals surface area contributed by atoms with Crippen LogP contribution in [0.4, 0.5) is 5.82 Å². The van der Waals surface area contributed by atoms with Gasteiger partial charge in [0.1, 0.15) is 24.6 Å². The molecule has 0 radical (unpaired) electrons. The van der Waals surface area contributed by atoms with E-state index in [0.717, 1.165) is 0 Å². The molecule has 0 amide bonds. The summed E-state index contributed by atoms with van der Waals surface area (Å²) in [6, 6.07) is 0. The predicted molar refractivity (Wildman–Crippen MR) is 82.1 cm³/mol. The average molecular weight is 375 g/mol. The van der Waals surface area contributed by atoms with E-state index in [1.165, 1.54) is 18.1 Å². The highest BCUT2D eigenvalue weighted by Gasteiger charge is 2.53. The molecule has 2 aliphatic rings. The first-order valence-electron chi connectivity index (χ1n) is 6.93. The van der Waals surface area contributed by atoms with Crippen molar-refractivity contribution in [3.05, 3.63) is 6.33 Å². The molecule has 4 heterocycles. The van der Waals surface area contributed by atoms with Crippen LogP contribution >= 0.6 is 19.6 Å². The SMILES string of the molecule is CSc1nc2c(N)ncnc2n1C1OC2COP(=O)(O)OC2C1O. The summed E-state index contributed by atoms with van der Waals surface area (Å²) < 4.78 is 28.6. The van der Waals surface area contributed by atoms with Crippen LogP contribution in [0.3, 0.4) is 0 Å². The van der Waals surface area contributed by atoms with Crippen LogP contribution in [0.25, 0.3) is 11.2 Å². The van der Waals surface area contributed by atoms with Crippen molar-refractivity contribution in [2.24, 2.45) is 0 Å². The first kappa shape index (κ1) is 16.2. The van der Waals surface area contributed by atoms with E-state index in [4.69, 9.17) is 19.5 Å². The minimum absolute atomic E-state index is 0.162. The Morgan fingerprint density at radius 2 is 2.29 bits per heavy atom. The number of aliphatic hydroxyl groups is 1. The van der Waals surface area contributed by atoms with Crippen LogP contribution in [-0.2, 0) is 18.3 Å². The van der Waals surface area contributed by atoms with Crippen molar-refractivity contribution in [2.45, 2.75) is 29.7 Å². The number of hydrogen-bond donors (Lipinski definition) is 3. The summed E-state index contributed by atoms with van der Waals surface area (Å²) >= 11 is 1.31. The summed E-state index contributed by atoms with van der Waals surface area (Å²) in [6.45, 7) is -0.162. The summed E-state index contributed by atoms with van der Waals surface area (Å²) in [5.41, 5.74) is 6.60. The standard InChI is InChI=1S/C11H14N5O6PS/c1-24-11-15-5-8(12)13-3-14-9(5)16(11)10-6(17)7-4(21-10)2-20-23(18,19)22-7/h3-4,6-7,10,17H,2H2,1H3,(H,18,19)(H2,12,13,14). The van der Waals surface area contributed by atoms with Crippen molar-refractivity contribution in [3.8, 4) is 0 Å². The number of ether oxygens (including phenoxy) is 1. The summed E-state index contributed by atoms with van der Waals surface area (Å²) in [4.78, 5) is 21.9. The molecule has 2 fully saturated rings. The molecule has 0 aliphatic carbocycles. The van der Waals surface area contributed by atoms with Crippen LogP contribution in [0.5, 0.6) is 0 Å². The molecular weight excluding hydrogens is 361 g/mol. The van der Waals surface area contributed by atoms with E-state index >= 15 is 0 Å². The Hall–Kier alpha value is -1.27. The summed E-state index contributed by atoms with van der Waals surface area (Å²) in [7, 11) is -4.19. The summed E-state index contributed by atoms with van der Waals surface area (Å²) in [5, 5.41) is 11.1. The first-order valence-corrected chi connectivity index (χ1v) is 9.65. The van der Waals surface area contributed by atoms with E-state index in [9.17, 15) is 14.6 Å². The molecule has 130 valence electrons. The van der Waals surface area contributed by atoms with Gasteiger partial charge in [0, 0.05) is 0 Å². The van der Waals surface area contributed by atoms with Gasteiger partial charge in [0.05, 0.1) is 6.61 Å². The van der Waals surface area contributed by atoms with Crippen LogP contribution in [0.15, 0.2) is 11.5 Å². The molecule has 0 saturated carbocycles. The number of phosphoric ester groups is 1. The van der Waals surface area contributed by atoms with Gasteiger partial charge in [-0.3, -0.25) is 13.6 Å². The van der Waals surface area contributed by atoms with Crippen molar-refractivity contribution in [2.75, 3.05) is 18.6 Å². The van der Waals surface area contributed by atoms with Gasteiger partial charge < -0.3 is 20.5 Å². The van der Waals surface area contributed by atoms with Gasteiger partial charge >= 0.3 is 7.82 Å². The molecule has 0 aromatic carbocycles. The number of nitrogens with two attached hydrogens (primary N) is 1. The van der Waals surface area contributed by atoms with Gasteiger partial charge in [0.2, 0.25) is 0 Å². The van der Waals surface area contributed by atoms with Crippen LogP contribution < -0.4 is 5.73 Å². The van der Waals surface area contributed by atoms with Gasteiger partial charge in [-0.05, 0) is 6.26 Å². The van der Waals surface area contributed by atoms with Crippen LogP contribution in [0, 0.1) is 0 Å². The second-order valence-electron chi connectivity index (χ2n) is 5.29. The van der Waals surface area contributed by atoms with Crippen molar-refractivity contribution in [1.29, 1.82) is 0 Å². The Morgan fingerprint density at radius 1 is 1.50 bits per heavy atom. The van der Waals surface area contributed by atoms with Crippen molar-refractivity contribution in [1.82, 2.24) is 19.5 Å². The Bertz CT molecular complexity index is 848. The number of phosphoric acid groups is 1. The van der Waals surface area contributed by atoms with Crippen molar-refractivity contribution < 1.29 is 28.3 Å². The fraction of sp³-hybridized carbons (Fsp3) is 0.545. The highest BCUT2D eigenvalue weighted by molar-refractivity contribution is 7.98. The molecule has 2 aromatic heterocycles. The van der Waals surface area contributed by atoms with E-state index in [0.29, 0.717) is 16.3 Å². The maximum Gasteiger partial charge on any atom is 0.472 e. The molecular formula is C11H14N5O6PS. The van der Waals surface area contributed by atoms with E-state index < -0.39 is 32.4 Å². The number of hydrogen-bond acceptors (Lipinski definition) is 10. The van der Waals surface area contributed by atoms with Crippen LogP contribution in [0.2, 0.25) is 0 Å². The second-order valence-corrected chi connectivity index (χ2v) is 7.47. The number of aliphatic hydroxyl groups excluding tert-OH is 1. The van der Waals surface area contributed by atoms with Crippen LogP contribution in [0.1, 0.15) is 6.23 Å². The number of thioether (sulfide) groups is 1. The molecule has 4 N–H and O–H groups in total. The largest absolute Gasteiger partial charge is 0.472 e. The van der Waals surface area contributed by atoms with Gasteiger partial charge in [-0.25, -0.2) is 19.5 Å². The van der Waals surface area contributed by atoms with Gasteiger partial charge in [-0.15, -0.1) is 0 Å². The molecule has 0 bridgehead atoms. The number of imidazole rings is 1. The highest BCUT2D eigenvalue weighted by atomic mass is 32.2. The average Bonchev–Trinajstić information content (AvgIpc) is 3.06. The Labute approximate surface area is 139 Å². The quantitative estimate of drug-likeness (QED) is 0.476. The number of nitrogens with zero attached hydrogens (tertiary/aromatic N) is 4. The van der Waals surface area contributed by atoms with E-state index in [-0.39, 0.29) is 12.4 Å². The zero-order chi connectivity index (χ0) is 17.1. The van der Waals surface area contributed by atoms with Gasteiger partial charge in [0.15, 0.2) is 28.4 Å². The molecule has 5 atom stereocenters. The zero-order valence-electron chi connectivity index (χ0n) is 12.3. The van der Waals surface area contributed by atoms with Crippen molar-refractivity contribution in [3.63, 3.8) is 0 Å². The predicted octanol–water partition coefficient (Wildman–Crippen LogP) is -0.0955. The lowest BCUT2D eigenvalue weighted by atomic mass is 10.1.